The van der Waals surface area contributed by atoms with Crippen molar-refractivity contribution in [2.45, 2.75) is 52.2 Å². The Morgan fingerprint density at radius 1 is 1.13 bits per heavy atom. The summed E-state index contributed by atoms with van der Waals surface area (Å²) in [7, 11) is 0. The molecule has 0 unspecified atom stereocenters. The Labute approximate surface area is 137 Å². The quantitative estimate of drug-likeness (QED) is 0.806. The summed E-state index contributed by atoms with van der Waals surface area (Å²) >= 11 is 0. The van der Waals surface area contributed by atoms with Gasteiger partial charge in [0.1, 0.15) is 5.60 Å². The van der Waals surface area contributed by atoms with Crippen LogP contribution in [0.5, 0.6) is 0 Å². The molecule has 0 spiro atoms. The monoisotopic (exact) mass is 325 g/mol. The van der Waals surface area contributed by atoms with E-state index in [2.05, 4.69) is 10.6 Å². The van der Waals surface area contributed by atoms with E-state index in [0.717, 1.165) is 12.8 Å². The molecule has 2 bridgehead atoms. The molecule has 1 saturated carbocycles. The van der Waals surface area contributed by atoms with Gasteiger partial charge in [-0.1, -0.05) is 0 Å². The maximum absolute atomic E-state index is 12.1. The molecule has 7 nitrogen and oxygen atoms in total. The van der Waals surface area contributed by atoms with Gasteiger partial charge in [0.05, 0.1) is 6.54 Å². The fourth-order valence-electron chi connectivity index (χ4n) is 3.42. The van der Waals surface area contributed by atoms with E-state index in [0.29, 0.717) is 13.1 Å². The van der Waals surface area contributed by atoms with Crippen LogP contribution >= 0.6 is 0 Å². The number of piperidine rings is 1. The molecule has 2 fully saturated rings. The van der Waals surface area contributed by atoms with Crippen LogP contribution in [0.2, 0.25) is 0 Å². The summed E-state index contributed by atoms with van der Waals surface area (Å²) in [4.78, 5) is 36.8. The molecule has 2 aliphatic rings. The number of likely N-dealkylation sites (tertiary alicyclic amines) is 1. The zero-order valence-corrected chi connectivity index (χ0v) is 14.3. The summed E-state index contributed by atoms with van der Waals surface area (Å²) in [5.74, 6) is 0.237. The second-order valence-electron chi connectivity index (χ2n) is 7.48. The molecule has 0 radical (unpaired) electrons. The highest BCUT2D eigenvalue weighted by Crippen LogP contribution is 2.37. The van der Waals surface area contributed by atoms with E-state index < -0.39 is 11.7 Å². The predicted molar refractivity (Wildman–Crippen MR) is 84.6 cm³/mol. The van der Waals surface area contributed by atoms with E-state index >= 15 is 0 Å². The van der Waals surface area contributed by atoms with Crippen molar-refractivity contribution in [2.75, 3.05) is 19.6 Å². The largest absolute Gasteiger partial charge is 0.444 e. The lowest BCUT2D eigenvalue weighted by atomic mass is 9.92. The second-order valence-corrected chi connectivity index (χ2v) is 7.48. The first-order valence-electron chi connectivity index (χ1n) is 8.17. The first-order valence-corrected chi connectivity index (χ1v) is 8.17. The fraction of sp³-hybridized carbons (Fsp3) is 0.812. The molecule has 23 heavy (non-hydrogen) atoms. The number of nitrogens with one attached hydrogen (secondary N) is 2. The van der Waals surface area contributed by atoms with Crippen molar-refractivity contribution in [3.63, 3.8) is 0 Å². The van der Waals surface area contributed by atoms with Gasteiger partial charge in [-0.2, -0.15) is 0 Å². The van der Waals surface area contributed by atoms with Crippen LogP contribution in [0.4, 0.5) is 4.79 Å². The zero-order chi connectivity index (χ0) is 17.2. The summed E-state index contributed by atoms with van der Waals surface area (Å²) in [6.07, 6.45) is 1.60. The number of carbonyl (C=O) groups is 3. The number of fused-ring (bicyclic) bond motifs is 2. The SMILES string of the molecule is CC(=O)NCC(=O)N1C[C@H]2CC[C@@H](C1)[C@@H]2NC(=O)OC(C)(C)C. The van der Waals surface area contributed by atoms with E-state index in [9.17, 15) is 14.4 Å². The molecule has 1 heterocycles. The first-order chi connectivity index (χ1) is 10.7. The van der Waals surface area contributed by atoms with Crippen LogP contribution in [-0.4, -0.2) is 54.1 Å². The first kappa shape index (κ1) is 17.6. The minimum absolute atomic E-state index is 0.0406. The average Bonchev–Trinajstić information content (AvgIpc) is 2.65. The second kappa shape index (κ2) is 6.76. The van der Waals surface area contributed by atoms with Crippen molar-refractivity contribution in [1.29, 1.82) is 0 Å². The summed E-state index contributed by atoms with van der Waals surface area (Å²) in [5, 5.41) is 5.52. The maximum atomic E-state index is 12.1. The summed E-state index contributed by atoms with van der Waals surface area (Å²) < 4.78 is 5.33. The number of amides is 3. The number of carbonyl (C=O) groups excluding carboxylic acids is 3. The average molecular weight is 325 g/mol. The number of alkyl carbamates (subject to hydrolysis) is 1. The highest BCUT2D eigenvalue weighted by atomic mass is 16.6. The minimum Gasteiger partial charge on any atom is -0.444 e. The standard InChI is InChI=1S/C16H27N3O4/c1-10(20)17-7-13(21)19-8-11-5-6-12(9-19)14(11)18-15(22)23-16(2,3)4/h11-12,14H,5-9H2,1-4H3,(H,17,20)(H,18,22)/t11-,12+,14-. The number of ether oxygens (including phenoxy) is 1. The van der Waals surface area contributed by atoms with Crippen LogP contribution in [0, 0.1) is 11.8 Å². The van der Waals surface area contributed by atoms with Crippen LogP contribution in [0.3, 0.4) is 0 Å². The van der Waals surface area contributed by atoms with Gasteiger partial charge < -0.3 is 20.3 Å². The summed E-state index contributed by atoms with van der Waals surface area (Å²) in [6.45, 7) is 8.19. The highest BCUT2D eigenvalue weighted by molar-refractivity contribution is 5.83. The number of hydrogen-bond acceptors (Lipinski definition) is 4. The predicted octanol–water partition coefficient (Wildman–Crippen LogP) is 0.884. The number of rotatable bonds is 3. The third-order valence-electron chi connectivity index (χ3n) is 4.36. The molecule has 130 valence electrons. The molecule has 7 heteroatoms. The Morgan fingerprint density at radius 2 is 1.70 bits per heavy atom. The van der Waals surface area contributed by atoms with E-state index in [-0.39, 0.29) is 36.2 Å². The van der Waals surface area contributed by atoms with Gasteiger partial charge in [-0.05, 0) is 45.4 Å². The van der Waals surface area contributed by atoms with Crippen molar-refractivity contribution >= 4 is 17.9 Å². The van der Waals surface area contributed by atoms with Crippen molar-refractivity contribution in [1.82, 2.24) is 15.5 Å². The molecule has 0 aromatic rings. The lowest BCUT2D eigenvalue weighted by molar-refractivity contribution is -0.134. The molecule has 3 amide bonds. The number of nitrogens with zero attached hydrogens (tertiary/aromatic N) is 1. The molecule has 1 aliphatic carbocycles. The van der Waals surface area contributed by atoms with Crippen molar-refractivity contribution in [3.8, 4) is 0 Å². The molecule has 1 saturated heterocycles. The van der Waals surface area contributed by atoms with E-state index in [1.807, 2.05) is 20.8 Å². The van der Waals surface area contributed by atoms with Crippen molar-refractivity contribution < 1.29 is 19.1 Å². The maximum Gasteiger partial charge on any atom is 0.407 e. The Hall–Kier alpha value is -1.79. The highest BCUT2D eigenvalue weighted by Gasteiger charge is 2.44. The van der Waals surface area contributed by atoms with Crippen molar-refractivity contribution in [3.05, 3.63) is 0 Å². The van der Waals surface area contributed by atoms with Crippen LogP contribution in [-0.2, 0) is 14.3 Å². The van der Waals surface area contributed by atoms with Crippen molar-refractivity contribution in [2.24, 2.45) is 11.8 Å². The van der Waals surface area contributed by atoms with Crippen LogP contribution in [0.1, 0.15) is 40.5 Å². The van der Waals surface area contributed by atoms with Gasteiger partial charge in [0.15, 0.2) is 0 Å². The molecular weight excluding hydrogens is 298 g/mol. The zero-order valence-electron chi connectivity index (χ0n) is 14.3. The third-order valence-corrected chi connectivity index (χ3v) is 4.36. The Kier molecular flexibility index (Phi) is 5.16. The number of hydrogen-bond donors (Lipinski definition) is 2. The molecular formula is C16H27N3O4. The van der Waals surface area contributed by atoms with E-state index in [1.54, 1.807) is 4.90 Å². The van der Waals surface area contributed by atoms with Gasteiger partial charge in [-0.15, -0.1) is 0 Å². The minimum atomic E-state index is -0.516. The lowest BCUT2D eigenvalue weighted by Gasteiger charge is -2.38. The third kappa shape index (κ3) is 4.84. The van der Waals surface area contributed by atoms with E-state index in [4.69, 9.17) is 4.74 Å². The van der Waals surface area contributed by atoms with Crippen LogP contribution in [0.25, 0.3) is 0 Å². The molecule has 1 aliphatic heterocycles. The Balaban J connectivity index is 1.88. The van der Waals surface area contributed by atoms with Gasteiger partial charge in [0, 0.05) is 26.1 Å². The normalized spacial score (nSPS) is 26.6. The van der Waals surface area contributed by atoms with Crippen LogP contribution in [0.15, 0.2) is 0 Å². The Bertz CT molecular complexity index is 472. The smallest absolute Gasteiger partial charge is 0.407 e. The molecule has 2 N–H and O–H groups in total. The van der Waals surface area contributed by atoms with Gasteiger partial charge in [-0.3, -0.25) is 9.59 Å². The van der Waals surface area contributed by atoms with Gasteiger partial charge in [0.2, 0.25) is 11.8 Å². The lowest BCUT2D eigenvalue weighted by Crippen LogP contribution is -2.55. The van der Waals surface area contributed by atoms with E-state index in [1.165, 1.54) is 6.92 Å². The Morgan fingerprint density at radius 3 is 2.17 bits per heavy atom. The molecule has 0 aromatic carbocycles. The topological polar surface area (TPSA) is 87.7 Å². The van der Waals surface area contributed by atoms with Gasteiger partial charge in [0.25, 0.3) is 0 Å². The summed E-state index contributed by atoms with van der Waals surface area (Å²) in [6, 6.07) is 0.0645. The molecule has 3 atom stereocenters. The van der Waals surface area contributed by atoms with Gasteiger partial charge in [-0.25, -0.2) is 4.79 Å². The molecule has 2 rings (SSSR count). The molecule has 0 aromatic heterocycles. The van der Waals surface area contributed by atoms with Crippen LogP contribution < -0.4 is 10.6 Å². The fourth-order valence-corrected chi connectivity index (χ4v) is 3.42. The van der Waals surface area contributed by atoms with Gasteiger partial charge >= 0.3 is 6.09 Å². The summed E-state index contributed by atoms with van der Waals surface area (Å²) in [5.41, 5.74) is -0.516.